The number of carbonyl (C=O) groups excluding carboxylic acids is 3. The van der Waals surface area contributed by atoms with Gasteiger partial charge in [0, 0.05) is 5.69 Å². The highest BCUT2D eigenvalue weighted by atomic mass is 32.2. The maximum absolute atomic E-state index is 12.5. The van der Waals surface area contributed by atoms with Crippen molar-refractivity contribution in [3.05, 3.63) is 64.6 Å². The number of benzene rings is 2. The summed E-state index contributed by atoms with van der Waals surface area (Å²) in [5.41, 5.74) is 2.33. The molecule has 0 saturated carbocycles. The number of hydrogen-bond acceptors (Lipinski definition) is 5. The molecular formula is C20H18N2O4S. The van der Waals surface area contributed by atoms with Gasteiger partial charge in [-0.1, -0.05) is 30.3 Å². The smallest absolute Gasteiger partial charge is 0.294 e. The lowest BCUT2D eigenvalue weighted by Crippen LogP contribution is -2.36. The van der Waals surface area contributed by atoms with Crippen molar-refractivity contribution in [3.63, 3.8) is 0 Å². The van der Waals surface area contributed by atoms with Crippen LogP contribution in [0.2, 0.25) is 0 Å². The van der Waals surface area contributed by atoms with E-state index < -0.39 is 17.1 Å². The Kier molecular flexibility index (Phi) is 5.61. The Bertz CT molecular complexity index is 925. The van der Waals surface area contributed by atoms with Gasteiger partial charge in [-0.3, -0.25) is 19.3 Å². The van der Waals surface area contributed by atoms with Gasteiger partial charge in [0.2, 0.25) is 5.91 Å². The number of hydrogen-bond donors (Lipinski definition) is 1. The molecule has 1 heterocycles. The fraction of sp³-hybridized carbons (Fsp3) is 0.150. The summed E-state index contributed by atoms with van der Waals surface area (Å²) in [6.07, 6.45) is 1.63. The van der Waals surface area contributed by atoms with Crippen LogP contribution in [0.25, 0.3) is 6.08 Å². The molecule has 1 saturated heterocycles. The van der Waals surface area contributed by atoms with E-state index >= 15 is 0 Å². The quantitative estimate of drug-likeness (QED) is 0.799. The van der Waals surface area contributed by atoms with Gasteiger partial charge in [-0.15, -0.1) is 0 Å². The zero-order chi connectivity index (χ0) is 19.4. The van der Waals surface area contributed by atoms with Gasteiger partial charge in [0.1, 0.15) is 12.3 Å². The maximum Gasteiger partial charge on any atom is 0.294 e. The highest BCUT2D eigenvalue weighted by Crippen LogP contribution is 2.33. The van der Waals surface area contributed by atoms with Gasteiger partial charge in [0.15, 0.2) is 0 Å². The van der Waals surface area contributed by atoms with Crippen molar-refractivity contribution >= 4 is 40.6 Å². The van der Waals surface area contributed by atoms with Gasteiger partial charge in [-0.2, -0.15) is 0 Å². The van der Waals surface area contributed by atoms with Crippen molar-refractivity contribution < 1.29 is 19.1 Å². The molecule has 138 valence electrons. The molecule has 3 amide bonds. The highest BCUT2D eigenvalue weighted by Gasteiger charge is 2.36. The number of amides is 3. The number of carbonyl (C=O) groups is 3. The average Bonchev–Trinajstić information content (AvgIpc) is 2.91. The van der Waals surface area contributed by atoms with Gasteiger partial charge in [-0.05, 0) is 54.1 Å². The van der Waals surface area contributed by atoms with E-state index in [1.165, 1.54) is 0 Å². The molecule has 0 aromatic heterocycles. The van der Waals surface area contributed by atoms with Gasteiger partial charge >= 0.3 is 0 Å². The number of anilines is 1. The van der Waals surface area contributed by atoms with E-state index in [4.69, 9.17) is 4.74 Å². The van der Waals surface area contributed by atoms with Crippen LogP contribution >= 0.6 is 11.8 Å². The number of methoxy groups -OCH3 is 1. The largest absolute Gasteiger partial charge is 0.496 e. The summed E-state index contributed by atoms with van der Waals surface area (Å²) in [4.78, 5) is 38.1. The maximum atomic E-state index is 12.5. The first-order chi connectivity index (χ1) is 13.0. The van der Waals surface area contributed by atoms with Crippen molar-refractivity contribution in [3.8, 4) is 5.75 Å². The van der Waals surface area contributed by atoms with Crippen LogP contribution in [0, 0.1) is 6.92 Å². The van der Waals surface area contributed by atoms with Crippen molar-refractivity contribution in [1.82, 2.24) is 4.90 Å². The molecule has 6 nitrogen and oxygen atoms in total. The second-order valence-corrected chi connectivity index (χ2v) is 6.90. The number of thioether (sulfide) groups is 1. The van der Waals surface area contributed by atoms with Crippen molar-refractivity contribution in [2.75, 3.05) is 19.0 Å². The second-order valence-electron chi connectivity index (χ2n) is 5.91. The summed E-state index contributed by atoms with van der Waals surface area (Å²) < 4.78 is 5.28. The summed E-state index contributed by atoms with van der Waals surface area (Å²) >= 11 is 0.820. The number of rotatable bonds is 5. The number of nitrogens with one attached hydrogen (secondary N) is 1. The molecule has 2 aromatic carbocycles. The first kappa shape index (κ1) is 18.7. The summed E-state index contributed by atoms with van der Waals surface area (Å²) in [6.45, 7) is 1.59. The minimum Gasteiger partial charge on any atom is -0.496 e. The third-order valence-electron chi connectivity index (χ3n) is 3.96. The van der Waals surface area contributed by atoms with Gasteiger partial charge < -0.3 is 10.1 Å². The van der Waals surface area contributed by atoms with Crippen LogP contribution in [0.5, 0.6) is 5.75 Å². The summed E-state index contributed by atoms with van der Waals surface area (Å²) in [5, 5.41) is 2.20. The molecule has 3 rings (SSSR count). The molecule has 0 bridgehead atoms. The third kappa shape index (κ3) is 4.38. The highest BCUT2D eigenvalue weighted by molar-refractivity contribution is 8.18. The van der Waals surface area contributed by atoms with Crippen LogP contribution in [0.4, 0.5) is 10.5 Å². The van der Waals surface area contributed by atoms with Gasteiger partial charge in [0.05, 0.1) is 12.0 Å². The molecule has 0 unspecified atom stereocenters. The lowest BCUT2D eigenvalue weighted by molar-refractivity contribution is -0.127. The average molecular weight is 382 g/mol. The number of aryl methyl sites for hydroxylation is 1. The van der Waals surface area contributed by atoms with E-state index in [2.05, 4.69) is 5.32 Å². The first-order valence-corrected chi connectivity index (χ1v) is 9.04. The molecular weight excluding hydrogens is 364 g/mol. The summed E-state index contributed by atoms with van der Waals surface area (Å²) in [6, 6.07) is 14.4. The standard InChI is InChI=1S/C20H18N2O4S/c1-13-8-9-14(10-16(13)26-2)11-17-19(24)22(20(25)27-17)12-18(23)21-15-6-4-3-5-7-15/h3-11H,12H2,1-2H3,(H,21,23)/b17-11-. The van der Waals surface area contributed by atoms with Crippen LogP contribution in [-0.4, -0.2) is 35.6 Å². The van der Waals surface area contributed by atoms with Crippen LogP contribution in [0.3, 0.4) is 0 Å². The normalized spacial score (nSPS) is 15.3. The van der Waals surface area contributed by atoms with Crippen molar-refractivity contribution in [1.29, 1.82) is 0 Å². The molecule has 1 aliphatic rings. The Labute approximate surface area is 161 Å². The molecule has 0 atom stereocenters. The van der Waals surface area contributed by atoms with E-state index in [1.807, 2.05) is 25.1 Å². The molecule has 7 heteroatoms. The molecule has 0 radical (unpaired) electrons. The number of para-hydroxylation sites is 1. The Balaban J connectivity index is 1.72. The van der Waals surface area contributed by atoms with E-state index in [1.54, 1.807) is 43.5 Å². The molecule has 1 fully saturated rings. The van der Waals surface area contributed by atoms with Crippen LogP contribution < -0.4 is 10.1 Å². The van der Waals surface area contributed by atoms with Crippen LogP contribution in [-0.2, 0) is 9.59 Å². The van der Waals surface area contributed by atoms with Crippen LogP contribution in [0.1, 0.15) is 11.1 Å². The lowest BCUT2D eigenvalue weighted by Gasteiger charge is -2.12. The van der Waals surface area contributed by atoms with Gasteiger partial charge in [-0.25, -0.2) is 0 Å². The zero-order valence-electron chi connectivity index (χ0n) is 14.9. The Morgan fingerprint density at radius 1 is 1.19 bits per heavy atom. The minimum atomic E-state index is -0.479. The minimum absolute atomic E-state index is 0.276. The number of imide groups is 1. The van der Waals surface area contributed by atoms with E-state index in [9.17, 15) is 14.4 Å². The van der Waals surface area contributed by atoms with E-state index in [0.717, 1.165) is 27.8 Å². The molecule has 27 heavy (non-hydrogen) atoms. The molecule has 1 N–H and O–H groups in total. The second kappa shape index (κ2) is 8.09. The van der Waals surface area contributed by atoms with Gasteiger partial charge in [0.25, 0.3) is 11.1 Å². The van der Waals surface area contributed by atoms with Crippen molar-refractivity contribution in [2.45, 2.75) is 6.92 Å². The van der Waals surface area contributed by atoms with Crippen LogP contribution in [0.15, 0.2) is 53.4 Å². The monoisotopic (exact) mass is 382 g/mol. The molecule has 0 spiro atoms. The Morgan fingerprint density at radius 2 is 1.93 bits per heavy atom. The first-order valence-electron chi connectivity index (χ1n) is 8.23. The molecule has 1 aliphatic heterocycles. The fourth-order valence-electron chi connectivity index (χ4n) is 2.58. The topological polar surface area (TPSA) is 75.7 Å². The molecule has 0 aliphatic carbocycles. The lowest BCUT2D eigenvalue weighted by atomic mass is 10.1. The zero-order valence-corrected chi connectivity index (χ0v) is 15.7. The number of nitrogens with zero attached hydrogens (tertiary/aromatic N) is 1. The molecule has 2 aromatic rings. The third-order valence-corrected chi connectivity index (χ3v) is 4.87. The Morgan fingerprint density at radius 3 is 2.63 bits per heavy atom. The fourth-order valence-corrected chi connectivity index (χ4v) is 3.42. The summed E-state index contributed by atoms with van der Waals surface area (Å²) in [7, 11) is 1.57. The van der Waals surface area contributed by atoms with Crippen molar-refractivity contribution in [2.24, 2.45) is 0 Å². The predicted octanol–water partition coefficient (Wildman–Crippen LogP) is 3.68. The van der Waals surface area contributed by atoms with E-state index in [0.29, 0.717) is 11.4 Å². The number of ether oxygens (including phenoxy) is 1. The Hall–Kier alpha value is -3.06. The van der Waals surface area contributed by atoms with E-state index in [-0.39, 0.29) is 11.4 Å². The predicted molar refractivity (Wildman–Crippen MR) is 105 cm³/mol. The SMILES string of the molecule is COc1cc(/C=C2\SC(=O)N(CC(=O)Nc3ccccc3)C2=O)ccc1C. The summed E-state index contributed by atoms with van der Waals surface area (Å²) in [5.74, 6) is -0.209.